The van der Waals surface area contributed by atoms with Crippen molar-refractivity contribution in [2.45, 2.75) is 13.0 Å². The predicted molar refractivity (Wildman–Crippen MR) is 129 cm³/mol. The largest absolute Gasteiger partial charge is 0.392 e. The molecular formula is C23H22ClN7O2. The number of amides is 2. The fourth-order valence-corrected chi connectivity index (χ4v) is 3.30. The van der Waals surface area contributed by atoms with Crippen LogP contribution in [0.4, 0.5) is 22.1 Å². The predicted octanol–water partition coefficient (Wildman–Crippen LogP) is 4.42. The van der Waals surface area contributed by atoms with Crippen molar-refractivity contribution in [1.29, 1.82) is 0 Å². The Morgan fingerprint density at radius 1 is 1.06 bits per heavy atom. The first-order valence-electron chi connectivity index (χ1n) is 10.2. The summed E-state index contributed by atoms with van der Waals surface area (Å²) in [4.78, 5) is 25.5. The molecule has 1 atom stereocenters. The number of aliphatic hydroxyl groups excluding tert-OH is 1. The van der Waals surface area contributed by atoms with Crippen molar-refractivity contribution in [2.24, 2.45) is 0 Å². The van der Waals surface area contributed by atoms with E-state index in [1.807, 2.05) is 22.8 Å². The van der Waals surface area contributed by atoms with Gasteiger partial charge in [0.15, 0.2) is 0 Å². The van der Waals surface area contributed by atoms with Crippen LogP contribution in [0.2, 0.25) is 5.02 Å². The van der Waals surface area contributed by atoms with Crippen LogP contribution in [-0.2, 0) is 0 Å². The third-order valence-electron chi connectivity index (χ3n) is 4.55. The van der Waals surface area contributed by atoms with Gasteiger partial charge in [-0.2, -0.15) is 4.98 Å². The zero-order valence-corrected chi connectivity index (χ0v) is 18.5. The summed E-state index contributed by atoms with van der Waals surface area (Å²) in [6.45, 7) is 2.02. The number of halogens is 1. The SMILES string of the molecule is C[C@H](O)CNc1nccc(-n2ccnc2-c2cccc(NC(=O)Nc3cccc(Cl)c3)c2)n1. The lowest BCUT2D eigenvalue weighted by molar-refractivity contribution is 0.208. The average molecular weight is 464 g/mol. The summed E-state index contributed by atoms with van der Waals surface area (Å²) in [6, 6.07) is 15.6. The Hall–Kier alpha value is -3.95. The van der Waals surface area contributed by atoms with Crippen LogP contribution < -0.4 is 16.0 Å². The van der Waals surface area contributed by atoms with Gasteiger partial charge in [0.25, 0.3) is 0 Å². The summed E-state index contributed by atoms with van der Waals surface area (Å²) in [5.74, 6) is 1.66. The lowest BCUT2D eigenvalue weighted by Crippen LogP contribution is -2.19. The molecule has 0 aliphatic heterocycles. The number of nitrogens with zero attached hydrogens (tertiary/aromatic N) is 4. The van der Waals surface area contributed by atoms with E-state index in [-0.39, 0.29) is 6.03 Å². The highest BCUT2D eigenvalue weighted by molar-refractivity contribution is 6.30. The number of imidazole rings is 1. The summed E-state index contributed by atoms with van der Waals surface area (Å²) >= 11 is 5.97. The van der Waals surface area contributed by atoms with Crippen molar-refractivity contribution in [3.05, 3.63) is 78.2 Å². The number of anilines is 3. The molecule has 2 aromatic carbocycles. The van der Waals surface area contributed by atoms with Gasteiger partial charge in [0.05, 0.1) is 6.10 Å². The smallest absolute Gasteiger partial charge is 0.323 e. The zero-order chi connectivity index (χ0) is 23.2. The third kappa shape index (κ3) is 5.85. The molecule has 10 heteroatoms. The summed E-state index contributed by atoms with van der Waals surface area (Å²) in [5.41, 5.74) is 1.98. The molecular weight excluding hydrogens is 442 g/mol. The third-order valence-corrected chi connectivity index (χ3v) is 4.78. The van der Waals surface area contributed by atoms with E-state index in [2.05, 4.69) is 30.9 Å². The van der Waals surface area contributed by atoms with Gasteiger partial charge in [0.1, 0.15) is 11.6 Å². The highest BCUT2D eigenvalue weighted by Crippen LogP contribution is 2.24. The summed E-state index contributed by atoms with van der Waals surface area (Å²) in [6.07, 6.45) is 4.58. The minimum atomic E-state index is -0.521. The second-order valence-corrected chi connectivity index (χ2v) is 7.70. The highest BCUT2D eigenvalue weighted by atomic mass is 35.5. The minimum Gasteiger partial charge on any atom is -0.392 e. The maximum absolute atomic E-state index is 12.4. The van der Waals surface area contributed by atoms with Gasteiger partial charge in [-0.15, -0.1) is 0 Å². The maximum atomic E-state index is 12.4. The van der Waals surface area contributed by atoms with Crippen LogP contribution in [0.1, 0.15) is 6.92 Å². The minimum absolute atomic E-state index is 0.338. The Balaban J connectivity index is 1.52. The molecule has 0 aliphatic rings. The molecule has 9 nitrogen and oxygen atoms in total. The number of hydrogen-bond acceptors (Lipinski definition) is 6. The molecule has 0 aliphatic carbocycles. The fraction of sp³-hybridized carbons (Fsp3) is 0.130. The van der Waals surface area contributed by atoms with Crippen LogP contribution >= 0.6 is 11.6 Å². The summed E-state index contributed by atoms with van der Waals surface area (Å²) < 4.78 is 1.82. The molecule has 0 fully saturated rings. The Labute approximate surface area is 195 Å². The van der Waals surface area contributed by atoms with Crippen molar-refractivity contribution < 1.29 is 9.90 Å². The first kappa shape index (κ1) is 22.3. The molecule has 0 saturated heterocycles. The standard InChI is InChI=1S/C23H22ClN7O2/c1-15(32)14-27-22-26-9-8-20(30-22)31-11-10-25-21(31)16-4-2-6-18(12-16)28-23(33)29-19-7-3-5-17(24)13-19/h2-13,15,32H,14H2,1H3,(H,26,27,30)(H2,28,29,33)/t15-/m0/s1. The number of urea groups is 1. The Morgan fingerprint density at radius 3 is 2.58 bits per heavy atom. The van der Waals surface area contributed by atoms with Gasteiger partial charge in [-0.25, -0.2) is 14.8 Å². The molecule has 33 heavy (non-hydrogen) atoms. The molecule has 0 unspecified atom stereocenters. The number of benzene rings is 2. The number of carbonyl (C=O) groups is 1. The molecule has 2 amide bonds. The topological polar surface area (TPSA) is 117 Å². The quantitative estimate of drug-likeness (QED) is 0.322. The van der Waals surface area contributed by atoms with E-state index in [0.717, 1.165) is 5.56 Å². The van der Waals surface area contributed by atoms with E-state index < -0.39 is 6.10 Å². The lowest BCUT2D eigenvalue weighted by atomic mass is 10.2. The average Bonchev–Trinajstić information content (AvgIpc) is 3.28. The van der Waals surface area contributed by atoms with E-state index in [4.69, 9.17) is 11.6 Å². The highest BCUT2D eigenvalue weighted by Gasteiger charge is 2.12. The molecule has 0 spiro atoms. The molecule has 168 valence electrons. The van der Waals surface area contributed by atoms with E-state index in [1.54, 1.807) is 61.9 Å². The van der Waals surface area contributed by atoms with E-state index in [1.165, 1.54) is 0 Å². The number of aliphatic hydroxyl groups is 1. The first-order valence-corrected chi connectivity index (χ1v) is 10.6. The van der Waals surface area contributed by atoms with Crippen molar-refractivity contribution >= 4 is 35.0 Å². The molecule has 0 bridgehead atoms. The molecule has 0 saturated carbocycles. The molecule has 4 N–H and O–H groups in total. The molecule has 4 rings (SSSR count). The molecule has 4 aromatic rings. The number of carbonyl (C=O) groups excluding carboxylic acids is 1. The van der Waals surface area contributed by atoms with E-state index in [9.17, 15) is 9.90 Å². The normalized spacial score (nSPS) is 11.6. The van der Waals surface area contributed by atoms with E-state index >= 15 is 0 Å². The van der Waals surface area contributed by atoms with Gasteiger partial charge in [0.2, 0.25) is 5.95 Å². The second-order valence-electron chi connectivity index (χ2n) is 7.26. The van der Waals surface area contributed by atoms with Crippen LogP contribution in [-0.4, -0.2) is 43.3 Å². The van der Waals surface area contributed by atoms with Crippen molar-refractivity contribution in [2.75, 3.05) is 22.5 Å². The van der Waals surface area contributed by atoms with Gasteiger partial charge < -0.3 is 21.1 Å². The number of aromatic nitrogens is 4. The number of hydrogen-bond donors (Lipinski definition) is 4. The van der Waals surface area contributed by atoms with Crippen molar-refractivity contribution in [1.82, 2.24) is 19.5 Å². The van der Waals surface area contributed by atoms with Crippen LogP contribution in [0.15, 0.2) is 73.2 Å². The second kappa shape index (κ2) is 10.1. The van der Waals surface area contributed by atoms with Crippen LogP contribution in [0.25, 0.3) is 17.2 Å². The lowest BCUT2D eigenvalue weighted by Gasteiger charge is -2.12. The summed E-state index contributed by atoms with van der Waals surface area (Å²) in [7, 11) is 0. The van der Waals surface area contributed by atoms with Gasteiger partial charge in [-0.05, 0) is 43.3 Å². The Morgan fingerprint density at radius 2 is 1.82 bits per heavy atom. The monoisotopic (exact) mass is 463 g/mol. The van der Waals surface area contributed by atoms with Crippen LogP contribution in [0, 0.1) is 0 Å². The Kier molecular flexibility index (Phi) is 6.82. The van der Waals surface area contributed by atoms with E-state index in [0.29, 0.717) is 40.5 Å². The number of rotatable bonds is 7. The Bertz CT molecular complexity index is 1260. The van der Waals surface area contributed by atoms with Crippen molar-refractivity contribution in [3.8, 4) is 17.2 Å². The number of nitrogens with one attached hydrogen (secondary N) is 3. The molecule has 2 aromatic heterocycles. The van der Waals surface area contributed by atoms with Crippen LogP contribution in [0.5, 0.6) is 0 Å². The zero-order valence-electron chi connectivity index (χ0n) is 17.7. The van der Waals surface area contributed by atoms with Gasteiger partial charge in [-0.1, -0.05) is 29.8 Å². The summed E-state index contributed by atoms with van der Waals surface area (Å²) in [5, 5.41) is 18.6. The van der Waals surface area contributed by atoms with Crippen molar-refractivity contribution in [3.63, 3.8) is 0 Å². The maximum Gasteiger partial charge on any atom is 0.323 e. The van der Waals surface area contributed by atoms with Gasteiger partial charge in [0, 0.05) is 47.1 Å². The first-order chi connectivity index (χ1) is 16.0. The molecule has 2 heterocycles. The van der Waals surface area contributed by atoms with Gasteiger partial charge >= 0.3 is 6.03 Å². The van der Waals surface area contributed by atoms with Gasteiger partial charge in [-0.3, -0.25) is 4.57 Å². The fourth-order valence-electron chi connectivity index (χ4n) is 3.11. The molecule has 0 radical (unpaired) electrons. The van der Waals surface area contributed by atoms with Crippen LogP contribution in [0.3, 0.4) is 0 Å².